The zero-order valence-corrected chi connectivity index (χ0v) is 17.8. The fourth-order valence-corrected chi connectivity index (χ4v) is 4.78. The second kappa shape index (κ2) is 6.67. The molecule has 3 aromatic carbocycles. The second-order valence-corrected chi connectivity index (χ2v) is 8.69. The monoisotopic (exact) mass is 463 g/mol. The van der Waals surface area contributed by atoms with Crippen molar-refractivity contribution in [3.8, 4) is 0 Å². The summed E-state index contributed by atoms with van der Waals surface area (Å²) in [4.78, 5) is 42.4. The van der Waals surface area contributed by atoms with Gasteiger partial charge in [-0.15, -0.1) is 0 Å². The summed E-state index contributed by atoms with van der Waals surface area (Å²) in [6.45, 7) is 0.198. The van der Waals surface area contributed by atoms with E-state index in [1.807, 2.05) is 48.3 Å². The molecule has 30 heavy (non-hydrogen) atoms. The third-order valence-electron chi connectivity index (χ3n) is 5.97. The SMILES string of the molecule is CN1C[C@@]2(Cc3c1ccc1ccccc31)C(=O)NC(=O)N(c1ccc(Br)cc1)C2=O. The molecule has 0 unspecified atom stereocenters. The first-order valence-corrected chi connectivity index (χ1v) is 10.4. The average Bonchev–Trinajstić information content (AvgIpc) is 2.74. The molecule has 2 aliphatic heterocycles. The predicted octanol–water partition coefficient (Wildman–Crippen LogP) is 3.86. The molecule has 3 aromatic rings. The number of imide groups is 2. The van der Waals surface area contributed by atoms with E-state index < -0.39 is 23.3 Å². The van der Waals surface area contributed by atoms with Crippen LogP contribution in [0, 0.1) is 5.41 Å². The summed E-state index contributed by atoms with van der Waals surface area (Å²) < 4.78 is 0.833. The van der Waals surface area contributed by atoms with Crippen LogP contribution in [0.2, 0.25) is 0 Å². The maximum absolute atomic E-state index is 13.7. The van der Waals surface area contributed by atoms with E-state index in [1.165, 1.54) is 0 Å². The number of barbiturate groups is 1. The van der Waals surface area contributed by atoms with Crippen LogP contribution < -0.4 is 15.1 Å². The van der Waals surface area contributed by atoms with Crippen LogP contribution in [-0.4, -0.2) is 31.4 Å². The maximum atomic E-state index is 13.7. The number of benzene rings is 3. The minimum atomic E-state index is -1.38. The Bertz CT molecular complexity index is 1220. The Morgan fingerprint density at radius 1 is 0.967 bits per heavy atom. The van der Waals surface area contributed by atoms with Gasteiger partial charge in [-0.25, -0.2) is 9.69 Å². The number of nitrogens with one attached hydrogen (secondary N) is 1. The molecule has 0 bridgehead atoms. The van der Waals surface area contributed by atoms with Crippen LogP contribution in [0.15, 0.2) is 65.1 Å². The van der Waals surface area contributed by atoms with Gasteiger partial charge in [0, 0.05) is 30.2 Å². The van der Waals surface area contributed by atoms with Gasteiger partial charge in [-0.05, 0) is 46.7 Å². The number of amides is 4. The minimum absolute atomic E-state index is 0.198. The van der Waals surface area contributed by atoms with Crippen molar-refractivity contribution in [1.29, 1.82) is 0 Å². The maximum Gasteiger partial charge on any atom is 0.335 e. The number of hydrogen-bond acceptors (Lipinski definition) is 4. The van der Waals surface area contributed by atoms with Crippen LogP contribution in [0.25, 0.3) is 10.8 Å². The normalized spacial score (nSPS) is 21.2. The van der Waals surface area contributed by atoms with E-state index in [9.17, 15) is 14.4 Å². The highest BCUT2D eigenvalue weighted by atomic mass is 79.9. The largest absolute Gasteiger partial charge is 0.373 e. The highest BCUT2D eigenvalue weighted by Crippen LogP contribution is 2.43. The zero-order valence-electron chi connectivity index (χ0n) is 16.2. The Morgan fingerprint density at radius 3 is 2.47 bits per heavy atom. The van der Waals surface area contributed by atoms with Crippen molar-refractivity contribution >= 4 is 55.9 Å². The summed E-state index contributed by atoms with van der Waals surface area (Å²) in [5, 5.41) is 4.48. The molecule has 6 nitrogen and oxygen atoms in total. The van der Waals surface area contributed by atoms with E-state index in [1.54, 1.807) is 24.3 Å². The molecule has 0 aliphatic carbocycles. The van der Waals surface area contributed by atoms with Gasteiger partial charge >= 0.3 is 6.03 Å². The number of halogens is 1. The van der Waals surface area contributed by atoms with Crippen molar-refractivity contribution < 1.29 is 14.4 Å². The molecule has 4 amide bonds. The van der Waals surface area contributed by atoms with E-state index in [-0.39, 0.29) is 13.0 Å². The molecular formula is C23H18BrN3O3. The molecule has 2 heterocycles. The van der Waals surface area contributed by atoms with Crippen molar-refractivity contribution in [3.63, 3.8) is 0 Å². The molecule has 1 fully saturated rings. The van der Waals surface area contributed by atoms with Gasteiger partial charge in [-0.2, -0.15) is 0 Å². The van der Waals surface area contributed by atoms with Gasteiger partial charge in [0.25, 0.3) is 5.91 Å². The molecule has 5 rings (SSSR count). The van der Waals surface area contributed by atoms with E-state index in [4.69, 9.17) is 0 Å². The van der Waals surface area contributed by atoms with Crippen molar-refractivity contribution in [1.82, 2.24) is 5.32 Å². The first kappa shape index (κ1) is 18.8. The number of carbonyl (C=O) groups is 3. The molecule has 1 saturated heterocycles. The first-order valence-electron chi connectivity index (χ1n) is 9.58. The van der Waals surface area contributed by atoms with Crippen molar-refractivity contribution in [2.45, 2.75) is 6.42 Å². The van der Waals surface area contributed by atoms with Gasteiger partial charge in [-0.1, -0.05) is 46.3 Å². The predicted molar refractivity (Wildman–Crippen MR) is 119 cm³/mol. The van der Waals surface area contributed by atoms with Crippen molar-refractivity contribution in [3.05, 3.63) is 70.7 Å². The number of rotatable bonds is 1. The van der Waals surface area contributed by atoms with Crippen LogP contribution in [0.5, 0.6) is 0 Å². The topological polar surface area (TPSA) is 69.7 Å². The number of urea groups is 1. The Morgan fingerprint density at radius 2 is 1.70 bits per heavy atom. The number of fused-ring (bicyclic) bond motifs is 3. The van der Waals surface area contributed by atoms with Crippen molar-refractivity contribution in [2.75, 3.05) is 23.4 Å². The molecule has 0 saturated carbocycles. The van der Waals surface area contributed by atoms with Gasteiger partial charge < -0.3 is 4.90 Å². The molecule has 2 aliphatic rings. The summed E-state index contributed by atoms with van der Waals surface area (Å²) in [6, 6.07) is 18.2. The Balaban J connectivity index is 1.65. The standard InChI is InChI=1S/C23H18BrN3O3/c1-26-13-23(12-18-17-5-3-2-4-14(17)6-11-19(18)26)20(28)25-22(30)27(21(23)29)16-9-7-15(24)8-10-16/h2-11H,12-13H2,1H3,(H,25,28,30)/t23-/m0/s1. The van der Waals surface area contributed by atoms with Gasteiger partial charge in [0.2, 0.25) is 5.91 Å². The summed E-state index contributed by atoms with van der Waals surface area (Å²) in [5.41, 5.74) is 0.980. The van der Waals surface area contributed by atoms with Crippen molar-refractivity contribution in [2.24, 2.45) is 5.41 Å². The lowest BCUT2D eigenvalue weighted by molar-refractivity contribution is -0.142. The summed E-state index contributed by atoms with van der Waals surface area (Å²) >= 11 is 3.36. The molecule has 1 spiro atoms. The quantitative estimate of drug-likeness (QED) is 0.556. The van der Waals surface area contributed by atoms with Crippen LogP contribution in [0.3, 0.4) is 0 Å². The lowest BCUT2D eigenvalue weighted by Gasteiger charge is -2.45. The number of carbonyl (C=O) groups excluding carboxylic acids is 3. The lowest BCUT2D eigenvalue weighted by atomic mass is 9.73. The molecule has 0 aromatic heterocycles. The molecular weight excluding hydrogens is 446 g/mol. The second-order valence-electron chi connectivity index (χ2n) is 7.78. The van der Waals surface area contributed by atoms with Crippen LogP contribution in [-0.2, 0) is 16.0 Å². The molecule has 0 radical (unpaired) electrons. The smallest absolute Gasteiger partial charge is 0.335 e. The van der Waals surface area contributed by atoms with Gasteiger partial charge in [0.1, 0.15) is 0 Å². The third-order valence-corrected chi connectivity index (χ3v) is 6.50. The van der Waals surface area contributed by atoms with Gasteiger partial charge in [0.05, 0.1) is 5.69 Å². The molecule has 1 atom stereocenters. The third kappa shape index (κ3) is 2.65. The molecule has 1 N–H and O–H groups in total. The zero-order chi connectivity index (χ0) is 21.0. The number of anilines is 2. The average molecular weight is 464 g/mol. The van der Waals surface area contributed by atoms with Crippen LogP contribution >= 0.6 is 15.9 Å². The number of hydrogen-bond donors (Lipinski definition) is 1. The molecule has 7 heteroatoms. The Hall–Kier alpha value is -3.19. The summed E-state index contributed by atoms with van der Waals surface area (Å²) in [5.74, 6) is -1.04. The fraction of sp³-hybridized carbons (Fsp3) is 0.174. The van der Waals surface area contributed by atoms with E-state index in [2.05, 4.69) is 21.2 Å². The molecule has 150 valence electrons. The van der Waals surface area contributed by atoms with E-state index >= 15 is 0 Å². The summed E-state index contributed by atoms with van der Waals surface area (Å²) in [7, 11) is 1.87. The fourth-order valence-electron chi connectivity index (χ4n) is 4.51. The Kier molecular flexibility index (Phi) is 4.18. The Labute approximate surface area is 181 Å². The van der Waals surface area contributed by atoms with E-state index in [0.717, 1.165) is 31.4 Å². The van der Waals surface area contributed by atoms with Crippen LogP contribution in [0.1, 0.15) is 5.56 Å². The van der Waals surface area contributed by atoms with Crippen LogP contribution in [0.4, 0.5) is 16.2 Å². The van der Waals surface area contributed by atoms with Gasteiger partial charge in [0.15, 0.2) is 5.41 Å². The van der Waals surface area contributed by atoms with E-state index in [0.29, 0.717) is 5.69 Å². The summed E-state index contributed by atoms with van der Waals surface area (Å²) in [6.07, 6.45) is 0.235. The van der Waals surface area contributed by atoms with Gasteiger partial charge in [-0.3, -0.25) is 14.9 Å². The minimum Gasteiger partial charge on any atom is -0.373 e. The highest BCUT2D eigenvalue weighted by Gasteiger charge is 2.56. The first-order chi connectivity index (χ1) is 14.4. The number of nitrogens with zero attached hydrogens (tertiary/aromatic N) is 2. The lowest BCUT2D eigenvalue weighted by Crippen LogP contribution is -2.68. The highest BCUT2D eigenvalue weighted by molar-refractivity contribution is 9.10.